The van der Waals surface area contributed by atoms with E-state index in [2.05, 4.69) is 0 Å². The van der Waals surface area contributed by atoms with Crippen molar-refractivity contribution in [2.45, 2.75) is 13.8 Å². The number of hydrogen-bond donors (Lipinski definition) is 2. The van der Waals surface area contributed by atoms with Crippen LogP contribution in [0.4, 0.5) is 11.4 Å². The lowest BCUT2D eigenvalue weighted by atomic mass is 10.3. The summed E-state index contributed by atoms with van der Waals surface area (Å²) in [5, 5.41) is 0. The summed E-state index contributed by atoms with van der Waals surface area (Å²) in [6.07, 6.45) is 0. The first-order chi connectivity index (χ1) is 4.79. The molecule has 4 N–H and O–H groups in total. The van der Waals surface area contributed by atoms with Gasteiger partial charge in [-0.2, -0.15) is 0 Å². The van der Waals surface area contributed by atoms with E-state index in [-0.39, 0.29) is 0 Å². The lowest BCUT2D eigenvalue weighted by Gasteiger charge is -1.90. The van der Waals surface area contributed by atoms with Gasteiger partial charge in [-0.1, -0.05) is 13.8 Å². The van der Waals surface area contributed by atoms with Crippen molar-refractivity contribution in [1.82, 2.24) is 0 Å². The van der Waals surface area contributed by atoms with Crippen molar-refractivity contribution >= 4 is 11.4 Å². The maximum atomic E-state index is 5.37. The first kappa shape index (κ1) is 8.82. The Kier molecular flexibility index (Phi) is 4.12. The third-order valence-electron chi connectivity index (χ3n) is 0.936. The molecule has 0 aliphatic carbocycles. The quantitative estimate of drug-likeness (QED) is 0.538. The molecule has 0 fully saturated rings. The molecule has 0 saturated heterocycles. The Morgan fingerprint density at radius 1 is 0.800 bits per heavy atom. The molecule has 1 aromatic carbocycles. The standard InChI is InChI=1S/C6H8N2.C2H6/c7-5-1-2-6(8)4-3-5;1-2/h1-4H,7-8H2;1-2H3. The van der Waals surface area contributed by atoms with Crippen LogP contribution in [-0.2, 0) is 0 Å². The fourth-order valence-corrected chi connectivity index (χ4v) is 0.496. The number of nitrogens with two attached hydrogens (primary N) is 2. The molecule has 1 aromatic rings. The molecule has 0 bridgehead atoms. The average Bonchev–Trinajstić information content (AvgIpc) is 2.00. The lowest BCUT2D eigenvalue weighted by Crippen LogP contribution is -1.86. The molecule has 0 spiro atoms. The van der Waals surface area contributed by atoms with Crippen molar-refractivity contribution in [3.63, 3.8) is 0 Å². The van der Waals surface area contributed by atoms with Gasteiger partial charge in [-0.05, 0) is 24.3 Å². The predicted molar refractivity (Wildman–Crippen MR) is 46.6 cm³/mol. The lowest BCUT2D eigenvalue weighted by molar-refractivity contribution is 1.50. The highest BCUT2D eigenvalue weighted by molar-refractivity contribution is 5.47. The van der Waals surface area contributed by atoms with Crippen molar-refractivity contribution < 1.29 is 0 Å². The van der Waals surface area contributed by atoms with Crippen LogP contribution in [-0.4, -0.2) is 0 Å². The molecule has 10 heavy (non-hydrogen) atoms. The Labute approximate surface area is 61.8 Å². The highest BCUT2D eigenvalue weighted by Gasteiger charge is 1.80. The van der Waals surface area contributed by atoms with Crippen LogP contribution in [0.3, 0.4) is 0 Å². The molecule has 0 aliphatic heterocycles. The fraction of sp³-hybridized carbons (Fsp3) is 0.250. The van der Waals surface area contributed by atoms with Crippen LogP contribution in [0.5, 0.6) is 0 Å². The monoisotopic (exact) mass is 138 g/mol. The van der Waals surface area contributed by atoms with E-state index in [1.54, 1.807) is 24.3 Å². The normalized spacial score (nSPS) is 7.80. The van der Waals surface area contributed by atoms with Gasteiger partial charge >= 0.3 is 0 Å². The number of rotatable bonds is 0. The Morgan fingerprint density at radius 2 is 1.00 bits per heavy atom. The molecule has 2 heteroatoms. The number of benzene rings is 1. The number of anilines is 2. The van der Waals surface area contributed by atoms with Crippen molar-refractivity contribution in [3.05, 3.63) is 24.3 Å². The minimum atomic E-state index is 0.749. The third-order valence-corrected chi connectivity index (χ3v) is 0.936. The van der Waals surface area contributed by atoms with Crippen LogP contribution in [0.15, 0.2) is 24.3 Å². The molecule has 0 aromatic heterocycles. The Morgan fingerprint density at radius 3 is 1.20 bits per heavy atom. The minimum Gasteiger partial charge on any atom is -0.399 e. The van der Waals surface area contributed by atoms with Crippen LogP contribution in [0.1, 0.15) is 13.8 Å². The van der Waals surface area contributed by atoms with Gasteiger partial charge in [0, 0.05) is 11.4 Å². The molecule has 0 saturated carbocycles. The van der Waals surface area contributed by atoms with Crippen LogP contribution in [0.2, 0.25) is 0 Å². The molecular weight excluding hydrogens is 124 g/mol. The van der Waals surface area contributed by atoms with Gasteiger partial charge in [0.2, 0.25) is 0 Å². The zero-order valence-corrected chi connectivity index (χ0v) is 6.46. The zero-order valence-electron chi connectivity index (χ0n) is 6.46. The van der Waals surface area contributed by atoms with Gasteiger partial charge in [-0.3, -0.25) is 0 Å². The van der Waals surface area contributed by atoms with Gasteiger partial charge in [-0.15, -0.1) is 0 Å². The van der Waals surface area contributed by atoms with Crippen molar-refractivity contribution in [2.75, 3.05) is 11.5 Å². The summed E-state index contributed by atoms with van der Waals surface area (Å²) in [4.78, 5) is 0. The maximum Gasteiger partial charge on any atom is 0.0315 e. The molecule has 0 radical (unpaired) electrons. The van der Waals surface area contributed by atoms with Crippen LogP contribution >= 0.6 is 0 Å². The van der Waals surface area contributed by atoms with Gasteiger partial charge in [-0.25, -0.2) is 0 Å². The predicted octanol–water partition coefficient (Wildman–Crippen LogP) is 1.88. The molecular formula is C8H14N2. The second-order valence-corrected chi connectivity index (χ2v) is 1.67. The topological polar surface area (TPSA) is 52.0 Å². The van der Waals surface area contributed by atoms with Gasteiger partial charge in [0.1, 0.15) is 0 Å². The van der Waals surface area contributed by atoms with Crippen molar-refractivity contribution in [2.24, 2.45) is 0 Å². The van der Waals surface area contributed by atoms with Gasteiger partial charge in [0.05, 0.1) is 0 Å². The SMILES string of the molecule is CC.Nc1ccc(N)cc1. The molecule has 0 unspecified atom stereocenters. The Hall–Kier alpha value is -1.18. The fourth-order valence-electron chi connectivity index (χ4n) is 0.496. The zero-order chi connectivity index (χ0) is 7.98. The van der Waals surface area contributed by atoms with E-state index < -0.39 is 0 Å². The summed E-state index contributed by atoms with van der Waals surface area (Å²) in [5.74, 6) is 0. The first-order valence-electron chi connectivity index (χ1n) is 3.40. The van der Waals surface area contributed by atoms with Crippen LogP contribution in [0.25, 0.3) is 0 Å². The summed E-state index contributed by atoms with van der Waals surface area (Å²) < 4.78 is 0. The Bertz CT molecular complexity index is 146. The highest BCUT2D eigenvalue weighted by Crippen LogP contribution is 2.04. The van der Waals surface area contributed by atoms with E-state index in [9.17, 15) is 0 Å². The molecule has 0 amide bonds. The van der Waals surface area contributed by atoms with Crippen molar-refractivity contribution in [3.8, 4) is 0 Å². The van der Waals surface area contributed by atoms with E-state index in [1.165, 1.54) is 0 Å². The van der Waals surface area contributed by atoms with E-state index >= 15 is 0 Å². The van der Waals surface area contributed by atoms with Crippen LogP contribution in [0, 0.1) is 0 Å². The summed E-state index contributed by atoms with van der Waals surface area (Å²) in [5.41, 5.74) is 12.2. The molecule has 2 nitrogen and oxygen atoms in total. The van der Waals surface area contributed by atoms with Crippen LogP contribution < -0.4 is 11.5 Å². The van der Waals surface area contributed by atoms with Gasteiger partial charge in [0.15, 0.2) is 0 Å². The molecule has 0 atom stereocenters. The summed E-state index contributed by atoms with van der Waals surface area (Å²) in [6.45, 7) is 4.00. The van der Waals surface area contributed by atoms with E-state index in [0.717, 1.165) is 11.4 Å². The van der Waals surface area contributed by atoms with Gasteiger partial charge in [0.25, 0.3) is 0 Å². The average molecular weight is 138 g/mol. The van der Waals surface area contributed by atoms with Crippen molar-refractivity contribution in [1.29, 1.82) is 0 Å². The second kappa shape index (κ2) is 4.68. The van der Waals surface area contributed by atoms with Gasteiger partial charge < -0.3 is 11.5 Å². The molecule has 0 aliphatic rings. The minimum absolute atomic E-state index is 0.749. The number of hydrogen-bond acceptors (Lipinski definition) is 2. The summed E-state index contributed by atoms with van der Waals surface area (Å²) in [6, 6.07) is 7.09. The largest absolute Gasteiger partial charge is 0.399 e. The first-order valence-corrected chi connectivity index (χ1v) is 3.40. The molecule has 56 valence electrons. The second-order valence-electron chi connectivity index (χ2n) is 1.67. The highest BCUT2D eigenvalue weighted by atomic mass is 14.6. The smallest absolute Gasteiger partial charge is 0.0315 e. The van der Waals surface area contributed by atoms with E-state index in [1.807, 2.05) is 13.8 Å². The third kappa shape index (κ3) is 2.97. The summed E-state index contributed by atoms with van der Waals surface area (Å²) in [7, 11) is 0. The number of nitrogen functional groups attached to an aromatic ring is 2. The van der Waals surface area contributed by atoms with E-state index in [4.69, 9.17) is 11.5 Å². The Balaban J connectivity index is 0.000000371. The molecule has 0 heterocycles. The maximum absolute atomic E-state index is 5.37. The summed E-state index contributed by atoms with van der Waals surface area (Å²) >= 11 is 0. The molecule has 1 rings (SSSR count). The van der Waals surface area contributed by atoms with E-state index in [0.29, 0.717) is 0 Å².